The molecule has 0 fully saturated rings. The molecule has 30 heavy (non-hydrogen) atoms. The number of hydrogen-bond acceptors (Lipinski definition) is 6. The van der Waals surface area contributed by atoms with E-state index in [9.17, 15) is 4.79 Å². The quantitative estimate of drug-likeness (QED) is 0.578. The molecular weight excluding hydrogens is 396 g/mol. The van der Waals surface area contributed by atoms with Crippen molar-refractivity contribution in [3.63, 3.8) is 0 Å². The summed E-state index contributed by atoms with van der Waals surface area (Å²) in [5, 5.41) is 3.11. The summed E-state index contributed by atoms with van der Waals surface area (Å²) in [4.78, 5) is 18.5. The van der Waals surface area contributed by atoms with E-state index in [0.717, 1.165) is 36.4 Å². The molecule has 1 aromatic heterocycles. The average Bonchev–Trinajstić information content (AvgIpc) is 3.22. The van der Waals surface area contributed by atoms with E-state index in [1.165, 1.54) is 22.7 Å². The van der Waals surface area contributed by atoms with Crippen LogP contribution in [0.3, 0.4) is 0 Å². The van der Waals surface area contributed by atoms with Gasteiger partial charge in [0.2, 0.25) is 0 Å². The van der Waals surface area contributed by atoms with Crippen molar-refractivity contribution in [3.05, 3.63) is 58.7 Å². The summed E-state index contributed by atoms with van der Waals surface area (Å²) in [6.07, 6.45) is 1.02. The first-order valence-corrected chi connectivity index (χ1v) is 10.8. The van der Waals surface area contributed by atoms with E-state index in [0.29, 0.717) is 16.6 Å². The number of nitrogens with one attached hydrogen (secondary N) is 1. The fraction of sp³-hybridized carbons (Fsp3) is 0.348. The third-order valence-corrected chi connectivity index (χ3v) is 5.77. The molecule has 1 N–H and O–H groups in total. The van der Waals surface area contributed by atoms with Gasteiger partial charge in [0.25, 0.3) is 11.1 Å². The van der Waals surface area contributed by atoms with Gasteiger partial charge in [-0.3, -0.25) is 4.79 Å². The van der Waals surface area contributed by atoms with Gasteiger partial charge in [0.1, 0.15) is 5.75 Å². The van der Waals surface area contributed by atoms with E-state index < -0.39 is 0 Å². The van der Waals surface area contributed by atoms with Gasteiger partial charge in [0.05, 0.1) is 0 Å². The molecule has 0 bridgehead atoms. The number of aromatic nitrogens is 2. The lowest BCUT2D eigenvalue weighted by Crippen LogP contribution is -2.20. The molecule has 158 valence electrons. The summed E-state index contributed by atoms with van der Waals surface area (Å²) in [6, 6.07) is 11.5. The predicted molar refractivity (Wildman–Crippen MR) is 122 cm³/mol. The standard InChI is InChI=1S/C23H28N4O2S/c1-6-27(5)12-11-19-13-16(3)20(14-15(19)2)29-23-25-21(26-30-23)17-7-9-18(10-8-17)22(28)24-4/h7-10,13-14H,6,11-12H2,1-5H3,(H,24,28). The van der Waals surface area contributed by atoms with Crippen LogP contribution >= 0.6 is 11.5 Å². The molecular formula is C23H28N4O2S. The van der Waals surface area contributed by atoms with Crippen LogP contribution in [-0.2, 0) is 6.42 Å². The highest BCUT2D eigenvalue weighted by atomic mass is 32.1. The smallest absolute Gasteiger partial charge is 0.299 e. The summed E-state index contributed by atoms with van der Waals surface area (Å²) >= 11 is 1.22. The van der Waals surface area contributed by atoms with Crippen molar-refractivity contribution in [2.24, 2.45) is 0 Å². The van der Waals surface area contributed by atoms with Crippen molar-refractivity contribution < 1.29 is 9.53 Å². The fourth-order valence-electron chi connectivity index (χ4n) is 3.08. The highest BCUT2D eigenvalue weighted by Crippen LogP contribution is 2.31. The number of hydrogen-bond donors (Lipinski definition) is 1. The topological polar surface area (TPSA) is 67.3 Å². The van der Waals surface area contributed by atoms with E-state index in [2.05, 4.69) is 59.5 Å². The molecule has 0 atom stereocenters. The third kappa shape index (κ3) is 5.23. The van der Waals surface area contributed by atoms with Gasteiger partial charge in [-0.2, -0.15) is 9.36 Å². The van der Waals surface area contributed by atoms with Crippen molar-refractivity contribution in [3.8, 4) is 22.3 Å². The van der Waals surface area contributed by atoms with Crippen molar-refractivity contribution in [1.29, 1.82) is 0 Å². The molecule has 2 aromatic carbocycles. The van der Waals surface area contributed by atoms with Gasteiger partial charge in [0, 0.05) is 36.3 Å². The van der Waals surface area contributed by atoms with Crippen LogP contribution in [0.15, 0.2) is 36.4 Å². The van der Waals surface area contributed by atoms with E-state index in [-0.39, 0.29) is 5.91 Å². The number of aryl methyl sites for hydroxylation is 2. The van der Waals surface area contributed by atoms with Crippen LogP contribution < -0.4 is 10.1 Å². The Morgan fingerprint density at radius 3 is 2.57 bits per heavy atom. The molecule has 1 heterocycles. The van der Waals surface area contributed by atoms with E-state index in [1.807, 2.05) is 12.1 Å². The Balaban J connectivity index is 1.72. The van der Waals surface area contributed by atoms with Crippen molar-refractivity contribution >= 4 is 17.4 Å². The average molecular weight is 425 g/mol. The highest BCUT2D eigenvalue weighted by molar-refractivity contribution is 7.07. The summed E-state index contributed by atoms with van der Waals surface area (Å²) in [7, 11) is 3.75. The van der Waals surface area contributed by atoms with Gasteiger partial charge >= 0.3 is 0 Å². The maximum atomic E-state index is 11.7. The first kappa shape index (κ1) is 21.9. The number of rotatable bonds is 8. The molecule has 0 aliphatic rings. The van der Waals surface area contributed by atoms with Gasteiger partial charge in [-0.15, -0.1) is 0 Å². The van der Waals surface area contributed by atoms with Crippen LogP contribution in [0.25, 0.3) is 11.4 Å². The zero-order chi connectivity index (χ0) is 21.7. The number of ether oxygens (including phenoxy) is 1. The third-order valence-electron chi connectivity index (χ3n) is 5.17. The molecule has 0 aliphatic heterocycles. The number of amides is 1. The maximum Gasteiger partial charge on any atom is 0.299 e. The molecule has 3 aromatic rings. The molecule has 3 rings (SSSR count). The zero-order valence-electron chi connectivity index (χ0n) is 18.2. The Bertz CT molecular complexity index is 1010. The second kappa shape index (κ2) is 9.82. The number of benzene rings is 2. The van der Waals surface area contributed by atoms with Crippen LogP contribution in [0.1, 0.15) is 34.0 Å². The summed E-state index contributed by atoms with van der Waals surface area (Å²) in [5.41, 5.74) is 5.09. The van der Waals surface area contributed by atoms with Gasteiger partial charge < -0.3 is 15.0 Å². The van der Waals surface area contributed by atoms with Crippen LogP contribution in [0, 0.1) is 13.8 Å². The predicted octanol–water partition coefficient (Wildman–Crippen LogP) is 4.47. The molecule has 7 heteroatoms. The van der Waals surface area contributed by atoms with Crippen molar-refractivity contribution in [2.45, 2.75) is 27.2 Å². The van der Waals surface area contributed by atoms with Gasteiger partial charge in [-0.1, -0.05) is 25.1 Å². The van der Waals surface area contributed by atoms with Crippen molar-refractivity contribution in [1.82, 2.24) is 19.6 Å². The SMILES string of the molecule is CCN(C)CCc1cc(C)c(Oc2nc(-c3ccc(C(=O)NC)cc3)ns2)cc1C. The number of nitrogens with zero attached hydrogens (tertiary/aromatic N) is 3. The lowest BCUT2D eigenvalue weighted by atomic mass is 10.0. The molecule has 0 spiro atoms. The Hall–Kier alpha value is -2.77. The van der Waals surface area contributed by atoms with Crippen molar-refractivity contribution in [2.75, 3.05) is 27.2 Å². The Labute approximate surface area is 182 Å². The number of carbonyl (C=O) groups excluding carboxylic acids is 1. The fourth-order valence-corrected chi connectivity index (χ4v) is 3.64. The van der Waals surface area contributed by atoms with E-state index in [4.69, 9.17) is 4.74 Å². The second-order valence-electron chi connectivity index (χ2n) is 7.33. The summed E-state index contributed by atoms with van der Waals surface area (Å²) < 4.78 is 10.4. The largest absolute Gasteiger partial charge is 0.430 e. The maximum absolute atomic E-state index is 11.7. The monoisotopic (exact) mass is 424 g/mol. The highest BCUT2D eigenvalue weighted by Gasteiger charge is 2.13. The van der Waals surface area contributed by atoms with Gasteiger partial charge in [0.15, 0.2) is 5.82 Å². The Morgan fingerprint density at radius 1 is 1.17 bits per heavy atom. The van der Waals surface area contributed by atoms with Crippen LogP contribution in [-0.4, -0.2) is 47.3 Å². The second-order valence-corrected chi connectivity index (χ2v) is 8.05. The Morgan fingerprint density at radius 2 is 1.90 bits per heavy atom. The summed E-state index contributed by atoms with van der Waals surface area (Å²) in [5.74, 6) is 1.28. The normalized spacial score (nSPS) is 11.0. The molecule has 6 nitrogen and oxygen atoms in total. The minimum atomic E-state index is -0.118. The molecule has 0 unspecified atom stereocenters. The van der Waals surface area contributed by atoms with Gasteiger partial charge in [-0.25, -0.2) is 0 Å². The molecule has 0 saturated carbocycles. The van der Waals surface area contributed by atoms with E-state index >= 15 is 0 Å². The van der Waals surface area contributed by atoms with Gasteiger partial charge in [-0.05, 0) is 68.8 Å². The Kier molecular flexibility index (Phi) is 7.18. The summed E-state index contributed by atoms with van der Waals surface area (Å²) in [6.45, 7) is 8.43. The van der Waals surface area contributed by atoms with E-state index in [1.54, 1.807) is 19.2 Å². The first-order valence-electron chi connectivity index (χ1n) is 10.0. The molecule has 0 saturated heterocycles. The number of likely N-dealkylation sites (N-methyl/N-ethyl adjacent to an activating group) is 1. The lowest BCUT2D eigenvalue weighted by molar-refractivity contribution is 0.0963. The first-order chi connectivity index (χ1) is 14.4. The molecule has 0 aliphatic carbocycles. The van der Waals surface area contributed by atoms with Crippen LogP contribution in [0.5, 0.6) is 10.9 Å². The van der Waals surface area contributed by atoms with Crippen LogP contribution in [0.4, 0.5) is 0 Å². The lowest BCUT2D eigenvalue weighted by Gasteiger charge is -2.16. The minimum absolute atomic E-state index is 0.118. The molecule has 1 amide bonds. The minimum Gasteiger partial charge on any atom is -0.430 e. The number of carbonyl (C=O) groups is 1. The van der Waals surface area contributed by atoms with Crippen LogP contribution in [0.2, 0.25) is 0 Å². The zero-order valence-corrected chi connectivity index (χ0v) is 19.0. The molecule has 0 radical (unpaired) electrons.